The van der Waals surface area contributed by atoms with Crippen molar-refractivity contribution in [2.45, 2.75) is 84.0 Å². The Kier molecular flexibility index (Phi) is 8.32. The first-order valence-electron chi connectivity index (χ1n) is 11.4. The molecule has 3 rings (SSSR count). The second kappa shape index (κ2) is 11.2. The van der Waals surface area contributed by atoms with Gasteiger partial charge in [0.05, 0.1) is 18.0 Å². The van der Waals surface area contributed by atoms with E-state index >= 15 is 0 Å². The molecule has 0 bridgehead atoms. The Morgan fingerprint density at radius 1 is 0.821 bits per heavy atom. The molecule has 152 valence electrons. The van der Waals surface area contributed by atoms with E-state index in [-0.39, 0.29) is 0 Å². The fraction of sp³-hybridized carbons (Fsp3) is 0.600. The Hall–Kier alpha value is -1.90. The van der Waals surface area contributed by atoms with Gasteiger partial charge in [-0.3, -0.25) is 0 Å². The summed E-state index contributed by atoms with van der Waals surface area (Å²) in [5.74, 6) is 2.46. The number of hydrogen-bond acceptors (Lipinski definition) is 3. The smallest absolute Gasteiger partial charge is 0.119 e. The van der Waals surface area contributed by atoms with E-state index in [4.69, 9.17) is 4.74 Å². The summed E-state index contributed by atoms with van der Waals surface area (Å²) in [6, 6.07) is 12.5. The van der Waals surface area contributed by atoms with Gasteiger partial charge in [0, 0.05) is 11.5 Å². The molecule has 1 aliphatic rings. The van der Waals surface area contributed by atoms with Gasteiger partial charge in [0.1, 0.15) is 5.75 Å². The van der Waals surface area contributed by atoms with Gasteiger partial charge in [0.15, 0.2) is 0 Å². The van der Waals surface area contributed by atoms with Crippen LogP contribution in [0.5, 0.6) is 5.75 Å². The van der Waals surface area contributed by atoms with E-state index in [1.807, 2.05) is 12.1 Å². The third-order valence-corrected chi connectivity index (χ3v) is 6.08. The van der Waals surface area contributed by atoms with Crippen LogP contribution in [0.1, 0.15) is 89.7 Å². The molecule has 0 atom stereocenters. The molecule has 0 N–H and O–H groups in total. The quantitative estimate of drug-likeness (QED) is 0.410. The molecule has 3 nitrogen and oxygen atoms in total. The van der Waals surface area contributed by atoms with Gasteiger partial charge in [-0.05, 0) is 74.4 Å². The fourth-order valence-electron chi connectivity index (χ4n) is 4.20. The van der Waals surface area contributed by atoms with E-state index in [1.165, 1.54) is 57.1 Å². The van der Waals surface area contributed by atoms with Crippen LogP contribution in [0.2, 0.25) is 0 Å². The molecule has 2 aromatic rings. The molecule has 0 amide bonds. The second-order valence-electron chi connectivity index (χ2n) is 8.28. The zero-order valence-corrected chi connectivity index (χ0v) is 17.7. The number of rotatable bonds is 10. The lowest BCUT2D eigenvalue weighted by atomic mass is 9.78. The minimum absolute atomic E-state index is 0.596. The van der Waals surface area contributed by atoms with Crippen LogP contribution in [0.3, 0.4) is 0 Å². The van der Waals surface area contributed by atoms with Crippen molar-refractivity contribution >= 4 is 0 Å². The van der Waals surface area contributed by atoms with E-state index in [0.29, 0.717) is 5.92 Å². The van der Waals surface area contributed by atoms with E-state index in [1.54, 1.807) is 0 Å². The number of hydrogen-bond donors (Lipinski definition) is 0. The van der Waals surface area contributed by atoms with Crippen LogP contribution in [0.25, 0.3) is 11.3 Å². The lowest BCUT2D eigenvalue weighted by Gasteiger charge is -2.28. The number of unbranched alkanes of at least 4 members (excludes halogenated alkanes) is 3. The van der Waals surface area contributed by atoms with Crippen molar-refractivity contribution in [1.82, 2.24) is 10.2 Å². The Labute approximate surface area is 170 Å². The molecule has 3 heteroatoms. The monoisotopic (exact) mass is 380 g/mol. The van der Waals surface area contributed by atoms with Gasteiger partial charge in [-0.25, -0.2) is 0 Å². The molecule has 0 unspecified atom stereocenters. The van der Waals surface area contributed by atoms with E-state index in [0.717, 1.165) is 42.4 Å². The van der Waals surface area contributed by atoms with Crippen molar-refractivity contribution in [3.63, 3.8) is 0 Å². The molecule has 1 saturated carbocycles. The van der Waals surface area contributed by atoms with Gasteiger partial charge in [-0.15, -0.1) is 0 Å². The van der Waals surface area contributed by atoms with Crippen molar-refractivity contribution in [1.29, 1.82) is 0 Å². The van der Waals surface area contributed by atoms with Gasteiger partial charge < -0.3 is 4.74 Å². The van der Waals surface area contributed by atoms with Crippen LogP contribution < -0.4 is 4.74 Å². The third-order valence-electron chi connectivity index (χ3n) is 6.08. The van der Waals surface area contributed by atoms with Gasteiger partial charge in [0.2, 0.25) is 0 Å². The van der Waals surface area contributed by atoms with E-state index in [9.17, 15) is 0 Å². The number of benzene rings is 1. The fourth-order valence-corrected chi connectivity index (χ4v) is 4.20. The summed E-state index contributed by atoms with van der Waals surface area (Å²) in [6.07, 6.45) is 13.0. The van der Waals surface area contributed by atoms with Crippen LogP contribution in [0, 0.1) is 5.92 Å². The number of aromatic nitrogens is 2. The van der Waals surface area contributed by atoms with Gasteiger partial charge in [-0.2, -0.15) is 10.2 Å². The molecule has 28 heavy (non-hydrogen) atoms. The molecule has 0 radical (unpaired) electrons. The second-order valence-corrected chi connectivity index (χ2v) is 8.28. The van der Waals surface area contributed by atoms with Crippen molar-refractivity contribution in [3.8, 4) is 17.0 Å². The first kappa shape index (κ1) is 20.8. The summed E-state index contributed by atoms with van der Waals surface area (Å²) >= 11 is 0. The topological polar surface area (TPSA) is 35.0 Å². The first-order chi connectivity index (χ1) is 13.8. The molecule has 1 aromatic carbocycles. The van der Waals surface area contributed by atoms with Crippen molar-refractivity contribution in [2.24, 2.45) is 5.92 Å². The maximum Gasteiger partial charge on any atom is 0.119 e. The van der Waals surface area contributed by atoms with Crippen molar-refractivity contribution < 1.29 is 4.74 Å². The van der Waals surface area contributed by atoms with Gasteiger partial charge in [-0.1, -0.05) is 46.0 Å². The Morgan fingerprint density at radius 3 is 2.21 bits per heavy atom. The molecule has 1 aromatic heterocycles. The molecule has 1 fully saturated rings. The summed E-state index contributed by atoms with van der Waals surface area (Å²) in [5.41, 5.74) is 3.22. The van der Waals surface area contributed by atoms with Crippen LogP contribution in [-0.4, -0.2) is 16.8 Å². The lowest BCUT2D eigenvalue weighted by molar-refractivity contribution is 0.299. The average Bonchev–Trinajstić information content (AvgIpc) is 2.75. The van der Waals surface area contributed by atoms with Gasteiger partial charge in [0.25, 0.3) is 0 Å². The van der Waals surface area contributed by atoms with E-state index in [2.05, 4.69) is 48.3 Å². The highest BCUT2D eigenvalue weighted by atomic mass is 16.5. The lowest BCUT2D eigenvalue weighted by Crippen LogP contribution is -2.14. The number of ether oxygens (including phenoxy) is 1. The molecule has 1 aliphatic carbocycles. The molecule has 0 spiro atoms. The molecular formula is C25H36N2O. The van der Waals surface area contributed by atoms with Gasteiger partial charge >= 0.3 is 0 Å². The average molecular weight is 381 g/mol. The zero-order valence-electron chi connectivity index (χ0n) is 17.7. The van der Waals surface area contributed by atoms with E-state index < -0.39 is 0 Å². The molecule has 0 aliphatic heterocycles. The van der Waals surface area contributed by atoms with Crippen molar-refractivity contribution in [2.75, 3.05) is 6.61 Å². The Morgan fingerprint density at radius 2 is 1.57 bits per heavy atom. The summed E-state index contributed by atoms with van der Waals surface area (Å²) in [7, 11) is 0. The van der Waals surface area contributed by atoms with Crippen LogP contribution in [0.15, 0.2) is 36.4 Å². The summed E-state index contributed by atoms with van der Waals surface area (Å²) in [6.45, 7) is 5.24. The summed E-state index contributed by atoms with van der Waals surface area (Å²) < 4.78 is 5.74. The largest absolute Gasteiger partial charge is 0.494 e. The Bertz CT molecular complexity index is 673. The molecule has 1 heterocycles. The Balaban J connectivity index is 1.51. The highest BCUT2D eigenvalue weighted by molar-refractivity contribution is 5.59. The zero-order chi connectivity index (χ0) is 19.6. The highest BCUT2D eigenvalue weighted by Crippen LogP contribution is 2.37. The minimum atomic E-state index is 0.596. The number of nitrogens with zero attached hydrogens (tertiary/aromatic N) is 2. The third kappa shape index (κ3) is 6.05. The molecular weight excluding hydrogens is 344 g/mol. The maximum atomic E-state index is 5.74. The normalized spacial score (nSPS) is 19.5. The predicted octanol–water partition coefficient (Wildman–Crippen LogP) is 7.18. The SMILES string of the molecule is CCCCCC1CCC(c2ccc(-c3ccc(OCCCC)cc3)nn2)CC1. The minimum Gasteiger partial charge on any atom is -0.494 e. The van der Waals surface area contributed by atoms with Crippen LogP contribution >= 0.6 is 0 Å². The summed E-state index contributed by atoms with van der Waals surface area (Å²) in [4.78, 5) is 0. The predicted molar refractivity (Wildman–Crippen MR) is 117 cm³/mol. The maximum absolute atomic E-state index is 5.74. The van der Waals surface area contributed by atoms with Crippen molar-refractivity contribution in [3.05, 3.63) is 42.1 Å². The van der Waals surface area contributed by atoms with Crippen LogP contribution in [0.4, 0.5) is 0 Å². The summed E-state index contributed by atoms with van der Waals surface area (Å²) in [5, 5.41) is 9.10. The molecule has 0 saturated heterocycles. The standard InChI is InChI=1S/C25H36N2O/c1-3-5-7-8-20-9-11-21(12-10-20)24-17-18-25(27-26-24)22-13-15-23(16-14-22)28-19-6-4-2/h13-18,20-21H,3-12,19H2,1-2H3. The van der Waals surface area contributed by atoms with Crippen LogP contribution in [-0.2, 0) is 0 Å². The first-order valence-corrected chi connectivity index (χ1v) is 11.4. The highest BCUT2D eigenvalue weighted by Gasteiger charge is 2.23.